The Hall–Kier alpha value is -4.93. The third kappa shape index (κ3) is 10.0. The number of carbonyl (C=O) groups is 2. The molecule has 1 heterocycles. The predicted octanol–water partition coefficient (Wildman–Crippen LogP) is 4.42. The summed E-state index contributed by atoms with van der Waals surface area (Å²) in [6, 6.07) is 9.33. The van der Waals surface area contributed by atoms with Gasteiger partial charge in [-0.2, -0.15) is 5.26 Å². The van der Waals surface area contributed by atoms with E-state index in [1.807, 2.05) is 19.9 Å². The van der Waals surface area contributed by atoms with Crippen molar-refractivity contribution in [1.29, 1.82) is 5.26 Å². The van der Waals surface area contributed by atoms with E-state index < -0.39 is 23.3 Å². The van der Waals surface area contributed by atoms with Gasteiger partial charge in [0.05, 0.1) is 29.1 Å². The van der Waals surface area contributed by atoms with E-state index in [2.05, 4.69) is 36.6 Å². The molecule has 6 N–H and O–H groups in total. The van der Waals surface area contributed by atoms with E-state index in [0.29, 0.717) is 53.3 Å². The van der Waals surface area contributed by atoms with Crippen molar-refractivity contribution < 1.29 is 23.5 Å². The number of allylic oxidation sites excluding steroid dienone is 2. The number of anilines is 2. The molecule has 1 aliphatic heterocycles. The van der Waals surface area contributed by atoms with Crippen LogP contribution < -0.4 is 26.6 Å². The van der Waals surface area contributed by atoms with Crippen LogP contribution in [0.5, 0.6) is 0 Å². The molecule has 0 aliphatic carbocycles. The zero-order chi connectivity index (χ0) is 34.6. The number of carbonyl (C=O) groups excluding carboxylic acids is 2. The molecule has 0 spiro atoms. The highest BCUT2D eigenvalue weighted by atomic mass is 19.2. The van der Waals surface area contributed by atoms with Crippen LogP contribution in [-0.4, -0.2) is 66.3 Å². The maximum atomic E-state index is 14.7. The van der Waals surface area contributed by atoms with Gasteiger partial charge in [-0.1, -0.05) is 13.0 Å². The summed E-state index contributed by atoms with van der Waals surface area (Å²) in [5.74, 6) is -2.23. The first-order chi connectivity index (χ1) is 22.4. The van der Waals surface area contributed by atoms with Gasteiger partial charge in [-0.3, -0.25) is 14.6 Å². The second kappa shape index (κ2) is 17.1. The van der Waals surface area contributed by atoms with Crippen LogP contribution in [0.3, 0.4) is 0 Å². The van der Waals surface area contributed by atoms with Gasteiger partial charge in [0.25, 0.3) is 5.91 Å². The van der Waals surface area contributed by atoms with Crippen LogP contribution >= 0.6 is 0 Å². The summed E-state index contributed by atoms with van der Waals surface area (Å²) in [4.78, 5) is 34.1. The fourth-order valence-electron chi connectivity index (χ4n) is 4.82. The van der Waals surface area contributed by atoms with Crippen molar-refractivity contribution in [3.05, 3.63) is 77.1 Å². The quantitative estimate of drug-likeness (QED) is 0.0811. The smallest absolute Gasteiger partial charge is 0.251 e. The lowest BCUT2D eigenvalue weighted by atomic mass is 9.97. The number of benzene rings is 2. The first-order valence-electron chi connectivity index (χ1n) is 15.3. The van der Waals surface area contributed by atoms with Gasteiger partial charge in [0.15, 0.2) is 17.5 Å². The summed E-state index contributed by atoms with van der Waals surface area (Å²) in [6.07, 6.45) is 5.66. The number of hydrogen-bond donors (Lipinski definition) is 6. The van der Waals surface area contributed by atoms with E-state index in [1.165, 1.54) is 18.3 Å². The Kier molecular flexibility index (Phi) is 13.3. The van der Waals surface area contributed by atoms with Crippen LogP contribution in [0, 0.1) is 29.9 Å². The number of amides is 2. The van der Waals surface area contributed by atoms with Crippen molar-refractivity contribution >= 4 is 40.3 Å². The van der Waals surface area contributed by atoms with Crippen molar-refractivity contribution in [3.8, 4) is 6.07 Å². The van der Waals surface area contributed by atoms with Crippen molar-refractivity contribution in [2.24, 2.45) is 9.98 Å². The molecule has 2 aromatic carbocycles. The Morgan fingerprint density at radius 1 is 1.13 bits per heavy atom. The fourth-order valence-corrected chi connectivity index (χ4v) is 4.82. The highest BCUT2D eigenvalue weighted by molar-refractivity contribution is 6.45. The lowest BCUT2D eigenvalue weighted by Crippen LogP contribution is -2.43. The van der Waals surface area contributed by atoms with E-state index in [0.717, 1.165) is 0 Å². The molecule has 1 fully saturated rings. The van der Waals surface area contributed by atoms with Gasteiger partial charge in [-0.05, 0) is 75.6 Å². The first-order valence-corrected chi connectivity index (χ1v) is 15.3. The number of β-amino-alcohol motifs (C(OH)–C–C–N with tert-alkyl or cyclic N) is 1. The lowest BCUT2D eigenvalue weighted by Gasteiger charge is -2.18. The van der Waals surface area contributed by atoms with E-state index >= 15 is 0 Å². The molecule has 250 valence electrons. The van der Waals surface area contributed by atoms with Gasteiger partial charge in [-0.15, -0.1) is 0 Å². The average Bonchev–Trinajstić information content (AvgIpc) is 3.46. The Bertz CT molecular complexity index is 1630. The van der Waals surface area contributed by atoms with Crippen LogP contribution in [0.2, 0.25) is 0 Å². The molecular weight excluding hydrogens is 606 g/mol. The molecule has 47 heavy (non-hydrogen) atoms. The molecule has 2 aromatic rings. The van der Waals surface area contributed by atoms with Gasteiger partial charge in [0, 0.05) is 55.3 Å². The maximum absolute atomic E-state index is 14.7. The van der Waals surface area contributed by atoms with Crippen LogP contribution in [0.25, 0.3) is 5.57 Å². The average molecular weight is 649 g/mol. The molecule has 0 radical (unpaired) electrons. The molecule has 0 bridgehead atoms. The Balaban J connectivity index is 1.63. The minimum absolute atomic E-state index is 0.0314. The summed E-state index contributed by atoms with van der Waals surface area (Å²) in [5, 5.41) is 33.4. The minimum Gasteiger partial charge on any atom is -0.388 e. The standard InChI is InChI=1S/C34H42F2N8O3/c1-6-13-39-31(23(5)42-19-22(4)25-10-11-27(38-14-12-37)30(36)29(25)35)44-24-8-9-26(21(3)17-24)32(45)40-15-16-41-33(46)28-18-34(47,7-2)20-43-28/h6,8-11,13,17,19,28,38,43,47H,7,14-16,18,20H2,1-5H3,(H,39,44)(H,40,45)(H,41,46)/b13-6-,22-19+,42-23?/t28?,34-/m0/s1. The molecule has 11 nitrogen and oxygen atoms in total. The summed E-state index contributed by atoms with van der Waals surface area (Å²) in [5.41, 5.74) is 1.71. The van der Waals surface area contributed by atoms with Gasteiger partial charge in [0.2, 0.25) is 5.91 Å². The lowest BCUT2D eigenvalue weighted by molar-refractivity contribution is -0.123. The summed E-state index contributed by atoms with van der Waals surface area (Å²) < 4.78 is 29.2. The molecule has 1 aliphatic rings. The van der Waals surface area contributed by atoms with Gasteiger partial charge < -0.3 is 31.7 Å². The third-order valence-corrected chi connectivity index (χ3v) is 7.69. The number of hydrogen-bond acceptors (Lipinski definition) is 8. The molecule has 1 saturated heterocycles. The normalized spacial score (nSPS) is 18.6. The van der Waals surface area contributed by atoms with Crippen LogP contribution in [0.4, 0.5) is 20.2 Å². The monoisotopic (exact) mass is 648 g/mol. The zero-order valence-corrected chi connectivity index (χ0v) is 27.3. The SMILES string of the molecule is C/C=C\N=C(Nc1ccc(C(=O)NCCNC(=O)C2C[C@@](O)(CC)CN2)c(C)c1)C(C)=N/C=C(\C)c1ccc(NCC#N)c(F)c1F. The molecule has 2 atom stereocenters. The Labute approximate surface area is 274 Å². The number of rotatable bonds is 13. The Morgan fingerprint density at radius 2 is 1.85 bits per heavy atom. The Morgan fingerprint density at radius 3 is 2.51 bits per heavy atom. The van der Waals surface area contributed by atoms with E-state index in [9.17, 15) is 23.5 Å². The van der Waals surface area contributed by atoms with Crippen molar-refractivity contribution in [2.75, 3.05) is 36.8 Å². The second-order valence-corrected chi connectivity index (χ2v) is 11.2. The molecular formula is C34H42F2N8O3. The number of nitrogens with one attached hydrogen (secondary N) is 5. The number of aryl methyl sites for hydroxylation is 1. The number of nitriles is 1. The highest BCUT2D eigenvalue weighted by Crippen LogP contribution is 2.26. The number of aliphatic imine (C=N–C) groups is 2. The van der Waals surface area contributed by atoms with E-state index in [-0.39, 0.29) is 42.7 Å². The van der Waals surface area contributed by atoms with Crippen molar-refractivity contribution in [3.63, 3.8) is 0 Å². The van der Waals surface area contributed by atoms with Gasteiger partial charge in [0.1, 0.15) is 6.54 Å². The van der Waals surface area contributed by atoms with Crippen LogP contribution in [-0.2, 0) is 4.79 Å². The largest absolute Gasteiger partial charge is 0.388 e. The maximum Gasteiger partial charge on any atom is 0.251 e. The molecule has 13 heteroatoms. The summed E-state index contributed by atoms with van der Waals surface area (Å²) >= 11 is 0. The van der Waals surface area contributed by atoms with Gasteiger partial charge >= 0.3 is 0 Å². The predicted molar refractivity (Wildman–Crippen MR) is 181 cm³/mol. The minimum atomic E-state index is -1.08. The first kappa shape index (κ1) is 36.5. The van der Waals surface area contributed by atoms with E-state index in [1.54, 1.807) is 51.2 Å². The van der Waals surface area contributed by atoms with Crippen molar-refractivity contribution in [2.45, 2.75) is 59.1 Å². The molecule has 1 unspecified atom stereocenters. The molecule has 0 saturated carbocycles. The third-order valence-electron chi connectivity index (χ3n) is 7.69. The van der Waals surface area contributed by atoms with Crippen molar-refractivity contribution in [1.82, 2.24) is 16.0 Å². The zero-order valence-electron chi connectivity index (χ0n) is 27.3. The summed E-state index contributed by atoms with van der Waals surface area (Å²) in [7, 11) is 0. The number of aliphatic hydroxyl groups is 1. The highest BCUT2D eigenvalue weighted by Gasteiger charge is 2.38. The fraction of sp³-hybridized carbons (Fsp3) is 0.382. The number of amidine groups is 1. The van der Waals surface area contributed by atoms with Crippen LogP contribution in [0.15, 0.2) is 58.8 Å². The van der Waals surface area contributed by atoms with Crippen LogP contribution in [0.1, 0.15) is 62.0 Å². The molecule has 3 rings (SSSR count). The number of nitrogens with zero attached hydrogens (tertiary/aromatic N) is 3. The topological polar surface area (TPSA) is 163 Å². The van der Waals surface area contributed by atoms with E-state index in [4.69, 9.17) is 5.26 Å². The second-order valence-electron chi connectivity index (χ2n) is 11.2. The molecule has 0 aromatic heterocycles. The van der Waals surface area contributed by atoms with Gasteiger partial charge in [-0.25, -0.2) is 13.8 Å². The summed E-state index contributed by atoms with van der Waals surface area (Å²) in [6.45, 7) is 9.50. The molecule has 2 amide bonds. The number of halogens is 2.